The normalized spacial score (nSPS) is 30.4. The lowest BCUT2D eigenvalue weighted by atomic mass is 9.68. The van der Waals surface area contributed by atoms with Gasteiger partial charge in [-0.15, -0.1) is 4.36 Å². The van der Waals surface area contributed by atoms with Crippen LogP contribution in [0.5, 0.6) is 5.75 Å². The molecule has 242 valence electrons. The van der Waals surface area contributed by atoms with Crippen LogP contribution in [0.1, 0.15) is 72.5 Å². The number of hydrogen-bond acceptors (Lipinski definition) is 7. The zero-order valence-corrected chi connectivity index (χ0v) is 27.4. The van der Waals surface area contributed by atoms with Crippen LogP contribution in [0, 0.1) is 18.8 Å². The smallest absolute Gasteiger partial charge is 0.419 e. The summed E-state index contributed by atoms with van der Waals surface area (Å²) >= 11 is 0. The van der Waals surface area contributed by atoms with E-state index in [4.69, 9.17) is 14.2 Å². The van der Waals surface area contributed by atoms with Crippen LogP contribution in [0.3, 0.4) is 0 Å². The number of nitrogens with one attached hydrogen (secondary N) is 1. The molecule has 2 aromatic rings. The molecule has 4 aliphatic rings. The summed E-state index contributed by atoms with van der Waals surface area (Å²) in [5.74, 6) is 0.910. The number of benzene rings is 2. The number of amides is 2. The fourth-order valence-corrected chi connectivity index (χ4v) is 9.05. The second-order valence-electron chi connectivity index (χ2n) is 13.0. The summed E-state index contributed by atoms with van der Waals surface area (Å²) < 4.78 is 37.9. The highest BCUT2D eigenvalue weighted by atomic mass is 32.2. The molecule has 1 unspecified atom stereocenters. The molecular weight excluding hydrogens is 590 g/mol. The van der Waals surface area contributed by atoms with E-state index in [2.05, 4.69) is 51.3 Å². The van der Waals surface area contributed by atoms with Crippen LogP contribution in [-0.2, 0) is 31.2 Å². The lowest BCUT2D eigenvalue weighted by molar-refractivity contribution is 0.0132. The summed E-state index contributed by atoms with van der Waals surface area (Å²) in [6.07, 6.45) is 9.77. The lowest BCUT2D eigenvalue weighted by Crippen LogP contribution is -2.49. The highest BCUT2D eigenvalue weighted by Crippen LogP contribution is 2.46. The Labute approximate surface area is 267 Å². The largest absolute Gasteiger partial charge is 0.490 e. The van der Waals surface area contributed by atoms with Crippen molar-refractivity contribution in [1.29, 1.82) is 0 Å². The summed E-state index contributed by atoms with van der Waals surface area (Å²) in [5.41, 5.74) is 4.99. The molecule has 1 saturated carbocycles. The third-order valence-electron chi connectivity index (χ3n) is 9.97. The van der Waals surface area contributed by atoms with Crippen LogP contribution in [0.4, 0.5) is 10.5 Å². The average Bonchev–Trinajstić information content (AvgIpc) is 3.14. The van der Waals surface area contributed by atoms with Crippen molar-refractivity contribution in [3.8, 4) is 5.75 Å². The number of hydrogen-bond donors (Lipinski definition) is 1. The van der Waals surface area contributed by atoms with E-state index in [9.17, 15) is 13.8 Å². The minimum atomic E-state index is -3.42. The molecule has 2 aliphatic heterocycles. The van der Waals surface area contributed by atoms with Crippen molar-refractivity contribution in [3.63, 3.8) is 0 Å². The van der Waals surface area contributed by atoms with Crippen molar-refractivity contribution in [2.24, 2.45) is 16.2 Å². The SMILES string of the molecule is CCOC(=O)NS1(=O)=NC(=O)c2ccc3c(c2)N(C[C@@H]2CC[C@H]2[C@@H](OC)/C=C/CCC1)C[C@@]1(CCCc2cc(C)ccc21)CO3. The van der Waals surface area contributed by atoms with Crippen LogP contribution in [0.25, 0.3) is 0 Å². The van der Waals surface area contributed by atoms with E-state index in [1.807, 2.05) is 12.1 Å². The molecule has 5 atom stereocenters. The van der Waals surface area contributed by atoms with Crippen molar-refractivity contribution < 1.29 is 28.0 Å². The van der Waals surface area contributed by atoms with Gasteiger partial charge >= 0.3 is 6.09 Å². The van der Waals surface area contributed by atoms with Crippen molar-refractivity contribution in [2.75, 3.05) is 44.1 Å². The van der Waals surface area contributed by atoms with Crippen molar-refractivity contribution in [2.45, 2.75) is 70.3 Å². The van der Waals surface area contributed by atoms with E-state index < -0.39 is 21.9 Å². The second kappa shape index (κ2) is 13.2. The van der Waals surface area contributed by atoms with Crippen LogP contribution in [0.2, 0.25) is 0 Å². The fraction of sp³-hybridized carbons (Fsp3) is 0.543. The van der Waals surface area contributed by atoms with Crippen molar-refractivity contribution >= 4 is 27.6 Å². The zero-order valence-electron chi connectivity index (χ0n) is 26.6. The second-order valence-corrected chi connectivity index (χ2v) is 15.1. The Bertz CT molecular complexity index is 1600. The Hall–Kier alpha value is -3.37. The molecule has 6 rings (SSSR count). The first-order valence-corrected chi connectivity index (χ1v) is 18.0. The third-order valence-corrected chi connectivity index (χ3v) is 11.8. The van der Waals surface area contributed by atoms with Gasteiger partial charge in [-0.3, -0.25) is 4.79 Å². The highest BCUT2D eigenvalue weighted by molar-refractivity contribution is 7.92. The summed E-state index contributed by atoms with van der Waals surface area (Å²) in [7, 11) is -1.66. The molecule has 2 aromatic carbocycles. The molecule has 1 spiro atoms. The molecule has 45 heavy (non-hydrogen) atoms. The van der Waals surface area contributed by atoms with E-state index in [-0.39, 0.29) is 23.9 Å². The minimum absolute atomic E-state index is 0.0210. The van der Waals surface area contributed by atoms with Gasteiger partial charge in [0, 0.05) is 31.2 Å². The standard InChI is InChI=1S/C35H45N3O6S/c1-4-43-34(40)37-45(41)18-7-5-6-10-31(42-3)28-14-12-27(28)21-38-22-35(17-8-9-25-19-24(2)11-15-29(25)35)23-44-32-16-13-26(20-30(32)38)33(39)36-45/h6,10-11,13,15-16,19-20,27-28,31H,4-5,7-9,12,14,17-18,21-23H2,1-3H3,(H,36,37,39,40,41)/b10-6+/t27-,28+,31-,35-,45?/m0/s1. The maximum atomic E-state index is 13.8. The Morgan fingerprint density at radius 2 is 2.07 bits per heavy atom. The summed E-state index contributed by atoms with van der Waals surface area (Å²) in [5, 5.41) is 0. The van der Waals surface area contributed by atoms with Gasteiger partial charge in [-0.2, -0.15) is 0 Å². The molecule has 1 N–H and O–H groups in total. The third kappa shape index (κ3) is 6.63. The van der Waals surface area contributed by atoms with Gasteiger partial charge in [-0.25, -0.2) is 13.7 Å². The van der Waals surface area contributed by atoms with Crippen LogP contribution >= 0.6 is 0 Å². The number of anilines is 1. The molecule has 0 aromatic heterocycles. The maximum absolute atomic E-state index is 13.8. The van der Waals surface area contributed by atoms with E-state index in [0.717, 1.165) is 56.6 Å². The van der Waals surface area contributed by atoms with Gasteiger partial charge in [0.25, 0.3) is 5.91 Å². The molecule has 0 radical (unpaired) electrons. The van der Waals surface area contributed by atoms with Crippen molar-refractivity contribution in [3.05, 3.63) is 70.8 Å². The quantitative estimate of drug-likeness (QED) is 0.405. The molecule has 2 aliphatic carbocycles. The van der Waals surface area contributed by atoms with Gasteiger partial charge in [-0.1, -0.05) is 35.9 Å². The van der Waals surface area contributed by atoms with E-state index in [1.165, 1.54) is 16.7 Å². The number of ether oxygens (including phenoxy) is 3. The Morgan fingerprint density at radius 1 is 1.20 bits per heavy atom. The van der Waals surface area contributed by atoms with E-state index in [1.54, 1.807) is 20.1 Å². The lowest BCUT2D eigenvalue weighted by Gasteiger charge is -2.46. The highest BCUT2D eigenvalue weighted by Gasteiger charge is 2.44. The van der Waals surface area contributed by atoms with Crippen molar-refractivity contribution in [1.82, 2.24) is 4.72 Å². The van der Waals surface area contributed by atoms with Gasteiger partial charge in [-0.05, 0) is 100.0 Å². The summed E-state index contributed by atoms with van der Waals surface area (Å²) in [6, 6.07) is 12.2. The topological polar surface area (TPSA) is 107 Å². The number of carbonyl (C=O) groups excluding carboxylic acids is 2. The minimum Gasteiger partial charge on any atom is -0.490 e. The summed E-state index contributed by atoms with van der Waals surface area (Å²) in [4.78, 5) is 28.3. The molecule has 9 nitrogen and oxygen atoms in total. The van der Waals surface area contributed by atoms with Crippen LogP contribution in [-0.4, -0.2) is 61.5 Å². The Balaban J connectivity index is 1.43. The fourth-order valence-electron chi connectivity index (χ4n) is 7.56. The molecule has 1 fully saturated rings. The number of nitrogens with zero attached hydrogens (tertiary/aromatic N) is 2. The molecule has 2 bridgehead atoms. The number of carbonyl (C=O) groups is 2. The van der Waals surface area contributed by atoms with Gasteiger partial charge in [0.2, 0.25) is 0 Å². The molecular formula is C35H45N3O6S. The monoisotopic (exact) mass is 635 g/mol. The number of allylic oxidation sites excluding steroid dienone is 1. The number of fused-ring (bicyclic) bond motifs is 4. The zero-order chi connectivity index (χ0) is 31.6. The van der Waals surface area contributed by atoms with Gasteiger partial charge in [0.05, 0.1) is 30.8 Å². The summed E-state index contributed by atoms with van der Waals surface area (Å²) in [6.45, 7) is 6.06. The predicted molar refractivity (Wildman–Crippen MR) is 175 cm³/mol. The Kier molecular flexibility index (Phi) is 9.24. The number of methoxy groups -OCH3 is 1. The van der Waals surface area contributed by atoms with Crippen LogP contribution in [0.15, 0.2) is 52.9 Å². The van der Waals surface area contributed by atoms with Crippen LogP contribution < -0.4 is 14.4 Å². The molecule has 2 heterocycles. The molecule has 10 heteroatoms. The molecule has 2 amide bonds. The first-order valence-electron chi connectivity index (χ1n) is 16.3. The average molecular weight is 636 g/mol. The van der Waals surface area contributed by atoms with Gasteiger partial charge in [0.15, 0.2) is 0 Å². The number of rotatable bonds is 3. The maximum Gasteiger partial charge on any atom is 0.419 e. The first-order chi connectivity index (χ1) is 21.7. The first kappa shape index (κ1) is 31.6. The van der Waals surface area contributed by atoms with Gasteiger partial charge < -0.3 is 19.1 Å². The molecule has 0 saturated heterocycles. The van der Waals surface area contributed by atoms with E-state index >= 15 is 0 Å². The number of aryl methyl sites for hydroxylation is 2. The van der Waals surface area contributed by atoms with E-state index in [0.29, 0.717) is 36.8 Å². The predicted octanol–water partition coefficient (Wildman–Crippen LogP) is 6.13. The van der Waals surface area contributed by atoms with Gasteiger partial charge in [0.1, 0.15) is 15.7 Å². The Morgan fingerprint density at radius 3 is 2.84 bits per heavy atom.